The van der Waals surface area contributed by atoms with Crippen LogP contribution in [0.1, 0.15) is 42.2 Å². The second-order valence-corrected chi connectivity index (χ2v) is 10.1. The molecule has 0 radical (unpaired) electrons. The van der Waals surface area contributed by atoms with Crippen LogP contribution >= 0.6 is 11.3 Å². The van der Waals surface area contributed by atoms with E-state index in [-0.39, 0.29) is 11.8 Å². The quantitative estimate of drug-likeness (QED) is 0.226. The number of likely N-dealkylation sites (tertiary alicyclic amines) is 1. The number of amidine groups is 2. The van der Waals surface area contributed by atoms with Crippen LogP contribution in [0.5, 0.6) is 5.75 Å². The number of hydrogen-bond acceptors (Lipinski definition) is 6. The number of nitrogen functional groups attached to an aromatic ring is 1. The van der Waals surface area contributed by atoms with Crippen molar-refractivity contribution < 1.29 is 14.3 Å². The van der Waals surface area contributed by atoms with Crippen molar-refractivity contribution in [1.82, 2.24) is 4.90 Å². The Bertz CT molecular complexity index is 1220. The first-order chi connectivity index (χ1) is 16.8. The molecular weight excluding hydrogens is 460 g/mol. The number of fused-ring (bicyclic) bond motifs is 1. The van der Waals surface area contributed by atoms with Gasteiger partial charge in [0.15, 0.2) is 0 Å². The predicted octanol–water partition coefficient (Wildman–Crippen LogP) is 4.77. The van der Waals surface area contributed by atoms with Crippen LogP contribution in [0.4, 0.5) is 0 Å². The Hall–Kier alpha value is -3.39. The van der Waals surface area contributed by atoms with E-state index in [1.165, 1.54) is 0 Å². The van der Waals surface area contributed by atoms with Crippen molar-refractivity contribution in [3.05, 3.63) is 64.5 Å². The van der Waals surface area contributed by atoms with E-state index in [9.17, 15) is 4.79 Å². The monoisotopic (exact) mass is 492 g/mol. The fraction of sp³-hybridized carbons (Fsp3) is 0.370. The molecule has 0 spiro atoms. The smallest absolute Gasteiger partial charge is 0.313 e. The lowest BCUT2D eigenvalue weighted by molar-refractivity contribution is -0.144. The number of nitrogens with zero attached hydrogens (tertiary/aromatic N) is 1. The number of thiophene rings is 1. The summed E-state index contributed by atoms with van der Waals surface area (Å²) in [5.74, 6) is 1.19. The van der Waals surface area contributed by atoms with Crippen LogP contribution in [-0.2, 0) is 16.0 Å². The summed E-state index contributed by atoms with van der Waals surface area (Å²) in [5, 5.41) is 16.5. The standard InChI is InChI=1S/C27H32N4O3S/c1-3-33-27(32)24(14-23-13-21-12-20(26(29)30)6-9-25(21)35-23)19-4-7-22(8-5-19)34-16-18-10-11-31(15-18)17(2)28/h4-9,12-13,18,24,28H,3,10-11,14-16H2,1-2H3,(H3,29,30)/t18?,24-/m0/s1. The van der Waals surface area contributed by atoms with Crippen molar-refractivity contribution in [3.8, 4) is 5.75 Å². The van der Waals surface area contributed by atoms with Gasteiger partial charge in [-0.3, -0.25) is 15.6 Å². The molecule has 4 rings (SSSR count). The Labute approximate surface area is 209 Å². The summed E-state index contributed by atoms with van der Waals surface area (Å²) in [4.78, 5) is 16.0. The number of ether oxygens (including phenoxy) is 2. The van der Waals surface area contributed by atoms with Crippen molar-refractivity contribution in [1.29, 1.82) is 10.8 Å². The average molecular weight is 493 g/mol. The van der Waals surface area contributed by atoms with Gasteiger partial charge < -0.3 is 20.1 Å². The van der Waals surface area contributed by atoms with Gasteiger partial charge in [-0.05, 0) is 74.0 Å². The molecule has 1 aliphatic rings. The van der Waals surface area contributed by atoms with Gasteiger partial charge in [0.25, 0.3) is 0 Å². The molecule has 184 valence electrons. The molecule has 1 aromatic heterocycles. The van der Waals surface area contributed by atoms with Crippen molar-refractivity contribution in [2.45, 2.75) is 32.6 Å². The summed E-state index contributed by atoms with van der Waals surface area (Å²) in [5.41, 5.74) is 7.22. The van der Waals surface area contributed by atoms with Crippen LogP contribution in [0.15, 0.2) is 48.5 Å². The van der Waals surface area contributed by atoms with Crippen LogP contribution in [0.3, 0.4) is 0 Å². The number of carbonyl (C=O) groups is 1. The van der Waals surface area contributed by atoms with Gasteiger partial charge in [-0.2, -0.15) is 0 Å². The summed E-state index contributed by atoms with van der Waals surface area (Å²) in [6.07, 6.45) is 1.57. The first kappa shape index (κ1) is 24.7. The van der Waals surface area contributed by atoms with Gasteiger partial charge in [0.1, 0.15) is 11.6 Å². The molecule has 1 unspecified atom stereocenters. The van der Waals surface area contributed by atoms with E-state index in [2.05, 4.69) is 11.0 Å². The third-order valence-electron chi connectivity index (χ3n) is 6.38. The summed E-state index contributed by atoms with van der Waals surface area (Å²) < 4.78 is 12.5. The topological polar surface area (TPSA) is 112 Å². The van der Waals surface area contributed by atoms with E-state index in [1.54, 1.807) is 11.3 Å². The number of carbonyl (C=O) groups excluding carboxylic acids is 1. The number of benzene rings is 2. The number of rotatable bonds is 9. The zero-order valence-electron chi connectivity index (χ0n) is 20.2. The van der Waals surface area contributed by atoms with E-state index in [4.69, 9.17) is 26.0 Å². The fourth-order valence-corrected chi connectivity index (χ4v) is 5.52. The summed E-state index contributed by atoms with van der Waals surface area (Å²) in [6, 6.07) is 15.5. The van der Waals surface area contributed by atoms with Crippen LogP contribution in [0.25, 0.3) is 10.1 Å². The fourth-order valence-electron chi connectivity index (χ4n) is 4.43. The van der Waals surface area contributed by atoms with E-state index >= 15 is 0 Å². The SMILES string of the molecule is CCOC(=O)[C@@H](Cc1cc2cc(C(=N)N)ccc2s1)c1ccc(OCC2CCN(C(C)=N)C2)cc1. The highest BCUT2D eigenvalue weighted by Gasteiger charge is 2.25. The number of hydrogen-bond donors (Lipinski definition) is 3. The summed E-state index contributed by atoms with van der Waals surface area (Å²) in [7, 11) is 0. The molecule has 4 N–H and O–H groups in total. The minimum absolute atomic E-state index is 0.0430. The molecule has 2 atom stereocenters. The molecule has 3 aromatic rings. The zero-order chi connectivity index (χ0) is 24.9. The van der Waals surface area contributed by atoms with Gasteiger partial charge in [0.05, 0.1) is 25.0 Å². The Kier molecular flexibility index (Phi) is 7.70. The number of nitrogens with two attached hydrogens (primary N) is 1. The van der Waals surface area contributed by atoms with E-state index in [0.717, 1.165) is 45.8 Å². The Morgan fingerprint density at radius 1 is 1.20 bits per heavy atom. The van der Waals surface area contributed by atoms with Crippen LogP contribution < -0.4 is 10.5 Å². The van der Waals surface area contributed by atoms with Crippen molar-refractivity contribution in [2.24, 2.45) is 11.7 Å². The van der Waals surface area contributed by atoms with Gasteiger partial charge >= 0.3 is 5.97 Å². The summed E-state index contributed by atoms with van der Waals surface area (Å²) >= 11 is 1.64. The highest BCUT2D eigenvalue weighted by atomic mass is 32.1. The van der Waals surface area contributed by atoms with Crippen LogP contribution in [-0.4, -0.2) is 48.8 Å². The van der Waals surface area contributed by atoms with E-state index < -0.39 is 5.92 Å². The predicted molar refractivity (Wildman–Crippen MR) is 141 cm³/mol. The molecular formula is C27H32N4O3S. The highest BCUT2D eigenvalue weighted by Crippen LogP contribution is 2.32. The van der Waals surface area contributed by atoms with Crippen LogP contribution in [0, 0.1) is 16.7 Å². The molecule has 1 saturated heterocycles. The molecule has 2 heterocycles. The molecule has 1 fully saturated rings. The number of esters is 1. The largest absolute Gasteiger partial charge is 0.493 e. The van der Waals surface area contributed by atoms with Gasteiger partial charge in [-0.25, -0.2) is 0 Å². The molecule has 0 aliphatic carbocycles. The second kappa shape index (κ2) is 10.9. The molecule has 8 heteroatoms. The van der Waals surface area contributed by atoms with E-state index in [1.807, 2.05) is 56.3 Å². The Morgan fingerprint density at radius 3 is 2.63 bits per heavy atom. The third-order valence-corrected chi connectivity index (χ3v) is 7.52. The molecule has 2 aromatic carbocycles. The maximum Gasteiger partial charge on any atom is 0.313 e. The Morgan fingerprint density at radius 2 is 1.97 bits per heavy atom. The lowest BCUT2D eigenvalue weighted by Gasteiger charge is -2.17. The maximum absolute atomic E-state index is 12.9. The molecule has 0 saturated carbocycles. The zero-order valence-corrected chi connectivity index (χ0v) is 21.0. The first-order valence-electron chi connectivity index (χ1n) is 11.9. The maximum atomic E-state index is 12.9. The Balaban J connectivity index is 1.46. The minimum Gasteiger partial charge on any atom is -0.493 e. The van der Waals surface area contributed by atoms with Gasteiger partial charge in [0, 0.05) is 34.1 Å². The lowest BCUT2D eigenvalue weighted by atomic mass is 9.94. The van der Waals surface area contributed by atoms with Gasteiger partial charge in [-0.1, -0.05) is 12.1 Å². The molecule has 35 heavy (non-hydrogen) atoms. The normalized spacial score (nSPS) is 16.3. The number of nitrogens with one attached hydrogen (secondary N) is 2. The minimum atomic E-state index is -0.414. The lowest BCUT2D eigenvalue weighted by Crippen LogP contribution is -2.26. The van der Waals surface area contributed by atoms with Crippen LogP contribution in [0.2, 0.25) is 0 Å². The molecule has 0 bridgehead atoms. The van der Waals surface area contributed by atoms with Crippen molar-refractivity contribution >= 4 is 39.1 Å². The molecule has 0 amide bonds. The highest BCUT2D eigenvalue weighted by molar-refractivity contribution is 7.19. The summed E-state index contributed by atoms with van der Waals surface area (Å²) in [6.45, 7) is 6.37. The third kappa shape index (κ3) is 6.00. The van der Waals surface area contributed by atoms with Crippen molar-refractivity contribution in [2.75, 3.05) is 26.3 Å². The van der Waals surface area contributed by atoms with E-state index in [0.29, 0.717) is 37.0 Å². The van der Waals surface area contributed by atoms with Gasteiger partial charge in [0.2, 0.25) is 0 Å². The molecule has 7 nitrogen and oxygen atoms in total. The van der Waals surface area contributed by atoms with Crippen molar-refractivity contribution in [3.63, 3.8) is 0 Å². The second-order valence-electron chi connectivity index (χ2n) is 8.95. The average Bonchev–Trinajstić information content (AvgIpc) is 3.48. The first-order valence-corrected chi connectivity index (χ1v) is 12.7. The van der Waals surface area contributed by atoms with Gasteiger partial charge in [-0.15, -0.1) is 11.3 Å². The molecule has 1 aliphatic heterocycles.